The summed E-state index contributed by atoms with van der Waals surface area (Å²) < 4.78 is 7.36. The van der Waals surface area contributed by atoms with Crippen molar-refractivity contribution in [2.24, 2.45) is 10.1 Å². The molecule has 130 valence electrons. The molecule has 5 nitrogen and oxygen atoms in total. The van der Waals surface area contributed by atoms with Crippen molar-refractivity contribution in [1.82, 2.24) is 9.66 Å². The van der Waals surface area contributed by atoms with E-state index in [-0.39, 0.29) is 0 Å². The van der Waals surface area contributed by atoms with Gasteiger partial charge in [0.2, 0.25) is 4.80 Å². The maximum Gasteiger partial charge on any atom is 0.206 e. The highest BCUT2D eigenvalue weighted by Crippen LogP contribution is 2.25. The molecule has 0 aliphatic heterocycles. The minimum absolute atomic E-state index is 0.563. The van der Waals surface area contributed by atoms with Crippen LogP contribution in [-0.2, 0) is 6.54 Å². The van der Waals surface area contributed by atoms with Crippen LogP contribution in [0.2, 0.25) is 0 Å². The lowest BCUT2D eigenvalue weighted by molar-refractivity contribution is 0.556. The Kier molecular flexibility index (Phi) is 4.90. The number of furan rings is 1. The van der Waals surface area contributed by atoms with E-state index in [0.29, 0.717) is 6.54 Å². The fourth-order valence-corrected chi connectivity index (χ4v) is 4.06. The van der Waals surface area contributed by atoms with Crippen molar-refractivity contribution in [2.75, 3.05) is 0 Å². The van der Waals surface area contributed by atoms with E-state index < -0.39 is 0 Å². The molecule has 0 atom stereocenters. The summed E-state index contributed by atoms with van der Waals surface area (Å²) in [5.74, 6) is 0.749. The second-order valence-electron chi connectivity index (χ2n) is 5.53. The molecule has 0 spiro atoms. The maximum absolute atomic E-state index is 5.47. The summed E-state index contributed by atoms with van der Waals surface area (Å²) in [5, 5.41) is 8.93. The average molecular weight is 380 g/mol. The maximum atomic E-state index is 5.47. The van der Waals surface area contributed by atoms with Crippen molar-refractivity contribution in [2.45, 2.75) is 13.5 Å². The van der Waals surface area contributed by atoms with Gasteiger partial charge in [0.1, 0.15) is 11.5 Å². The van der Waals surface area contributed by atoms with Gasteiger partial charge in [-0.3, -0.25) is 9.98 Å². The molecule has 26 heavy (non-hydrogen) atoms. The first kappa shape index (κ1) is 16.7. The third-order valence-corrected chi connectivity index (χ3v) is 5.45. The van der Waals surface area contributed by atoms with E-state index in [9.17, 15) is 0 Å². The number of aromatic nitrogens is 2. The van der Waals surface area contributed by atoms with E-state index >= 15 is 0 Å². The van der Waals surface area contributed by atoms with E-state index in [1.54, 1.807) is 35.1 Å². The predicted molar refractivity (Wildman–Crippen MR) is 105 cm³/mol. The summed E-state index contributed by atoms with van der Waals surface area (Å²) in [5.41, 5.74) is 2.90. The summed E-state index contributed by atoms with van der Waals surface area (Å²) in [6, 6.07) is 11.8. The molecule has 0 saturated heterocycles. The molecule has 0 N–H and O–H groups in total. The first-order valence-electron chi connectivity index (χ1n) is 8.04. The van der Waals surface area contributed by atoms with Crippen LogP contribution in [0.15, 0.2) is 80.3 Å². The Morgan fingerprint density at radius 2 is 2.15 bits per heavy atom. The van der Waals surface area contributed by atoms with Crippen LogP contribution in [0.5, 0.6) is 0 Å². The zero-order valence-electron chi connectivity index (χ0n) is 14.1. The van der Waals surface area contributed by atoms with Crippen LogP contribution in [0, 0.1) is 0 Å². The summed E-state index contributed by atoms with van der Waals surface area (Å²) in [6.07, 6.45) is 5.25. The standard InChI is InChI=1S/C19H16N4OS2/c1-14(17-6-3-9-24-17)22-23-16(18-7-4-10-25-18)13-26-19(23)21-12-15-5-2-8-20-11-15/h2-11,13H,12H2,1H3/b21-19?,22-14-. The third-order valence-electron chi connectivity index (χ3n) is 3.71. The molecule has 4 aromatic heterocycles. The fraction of sp³-hybridized carbons (Fsp3) is 0.105. The molecular weight excluding hydrogens is 364 g/mol. The monoisotopic (exact) mass is 380 g/mol. The van der Waals surface area contributed by atoms with Crippen LogP contribution < -0.4 is 4.80 Å². The van der Waals surface area contributed by atoms with Crippen LogP contribution in [0.1, 0.15) is 18.2 Å². The van der Waals surface area contributed by atoms with Crippen molar-refractivity contribution in [1.29, 1.82) is 0 Å². The number of pyridine rings is 1. The second-order valence-corrected chi connectivity index (χ2v) is 7.32. The quantitative estimate of drug-likeness (QED) is 0.474. The molecule has 0 aromatic carbocycles. The largest absolute Gasteiger partial charge is 0.463 e. The van der Waals surface area contributed by atoms with Gasteiger partial charge in [0, 0.05) is 17.8 Å². The molecule has 0 unspecified atom stereocenters. The molecule has 0 aliphatic carbocycles. The molecule has 0 radical (unpaired) electrons. The smallest absolute Gasteiger partial charge is 0.206 e. The van der Waals surface area contributed by atoms with Crippen LogP contribution in [0.3, 0.4) is 0 Å². The van der Waals surface area contributed by atoms with E-state index in [1.807, 2.05) is 48.1 Å². The molecule has 4 aromatic rings. The van der Waals surface area contributed by atoms with Crippen molar-refractivity contribution in [3.05, 3.63) is 81.9 Å². The van der Waals surface area contributed by atoms with Crippen LogP contribution in [0.25, 0.3) is 10.6 Å². The normalized spacial score (nSPS) is 12.7. The van der Waals surface area contributed by atoms with Gasteiger partial charge in [-0.15, -0.1) is 22.7 Å². The highest BCUT2D eigenvalue weighted by molar-refractivity contribution is 7.14. The minimum atomic E-state index is 0.563. The van der Waals surface area contributed by atoms with E-state index in [4.69, 9.17) is 14.5 Å². The zero-order chi connectivity index (χ0) is 17.8. The summed E-state index contributed by atoms with van der Waals surface area (Å²) in [7, 11) is 0. The SMILES string of the molecule is C/C(=N/n1c(-c2cccs2)csc1=NCc1cccnc1)c1ccco1. The fourth-order valence-electron chi connectivity index (χ4n) is 2.43. The Hall–Kier alpha value is -2.77. The summed E-state index contributed by atoms with van der Waals surface area (Å²) in [6.45, 7) is 2.50. The lowest BCUT2D eigenvalue weighted by Gasteiger charge is -2.03. The van der Waals surface area contributed by atoms with Crippen molar-refractivity contribution >= 4 is 28.4 Å². The summed E-state index contributed by atoms with van der Waals surface area (Å²) >= 11 is 3.26. The first-order valence-corrected chi connectivity index (χ1v) is 9.80. The van der Waals surface area contributed by atoms with Gasteiger partial charge in [-0.05, 0) is 42.1 Å². The van der Waals surface area contributed by atoms with Gasteiger partial charge in [0.25, 0.3) is 0 Å². The predicted octanol–water partition coefficient (Wildman–Crippen LogP) is 4.64. The van der Waals surface area contributed by atoms with Gasteiger partial charge in [0.15, 0.2) is 0 Å². The van der Waals surface area contributed by atoms with Crippen molar-refractivity contribution in [3.63, 3.8) is 0 Å². The Morgan fingerprint density at radius 3 is 2.88 bits per heavy atom. The van der Waals surface area contributed by atoms with Gasteiger partial charge in [0.05, 0.1) is 23.4 Å². The van der Waals surface area contributed by atoms with Gasteiger partial charge in [-0.2, -0.15) is 5.10 Å². The molecule has 4 heterocycles. The topological polar surface area (TPSA) is 55.7 Å². The van der Waals surface area contributed by atoms with Gasteiger partial charge in [-0.1, -0.05) is 12.1 Å². The second kappa shape index (κ2) is 7.63. The molecule has 7 heteroatoms. The first-order chi connectivity index (χ1) is 12.8. The number of thiophene rings is 1. The van der Waals surface area contributed by atoms with Crippen LogP contribution >= 0.6 is 22.7 Å². The van der Waals surface area contributed by atoms with E-state index in [0.717, 1.165) is 32.4 Å². The number of rotatable bonds is 5. The van der Waals surface area contributed by atoms with Gasteiger partial charge >= 0.3 is 0 Å². The lowest BCUT2D eigenvalue weighted by atomic mass is 10.3. The molecule has 0 fully saturated rings. The number of nitrogens with zero attached hydrogens (tertiary/aromatic N) is 4. The number of thiazole rings is 1. The molecule has 4 rings (SSSR count). The average Bonchev–Trinajstić information content (AvgIpc) is 3.42. The summed E-state index contributed by atoms with van der Waals surface area (Å²) in [4.78, 5) is 10.9. The molecule has 0 amide bonds. The number of hydrogen-bond donors (Lipinski definition) is 0. The number of hydrogen-bond acceptors (Lipinski definition) is 6. The minimum Gasteiger partial charge on any atom is -0.463 e. The Morgan fingerprint density at radius 1 is 1.19 bits per heavy atom. The van der Waals surface area contributed by atoms with E-state index in [1.165, 1.54) is 0 Å². The molecule has 0 saturated carbocycles. The van der Waals surface area contributed by atoms with Crippen molar-refractivity contribution in [3.8, 4) is 10.6 Å². The Balaban J connectivity index is 1.78. The third kappa shape index (κ3) is 3.58. The highest BCUT2D eigenvalue weighted by atomic mass is 32.1. The van der Waals surface area contributed by atoms with Gasteiger partial charge < -0.3 is 4.42 Å². The van der Waals surface area contributed by atoms with Crippen molar-refractivity contribution < 1.29 is 4.42 Å². The molecular formula is C19H16N4OS2. The van der Waals surface area contributed by atoms with E-state index in [2.05, 4.69) is 21.8 Å². The Labute approximate surface area is 158 Å². The van der Waals surface area contributed by atoms with Crippen LogP contribution in [0.4, 0.5) is 0 Å². The molecule has 0 bridgehead atoms. The van der Waals surface area contributed by atoms with Crippen LogP contribution in [-0.4, -0.2) is 15.4 Å². The molecule has 0 aliphatic rings. The lowest BCUT2D eigenvalue weighted by Crippen LogP contribution is -2.14. The van der Waals surface area contributed by atoms with Gasteiger partial charge in [-0.25, -0.2) is 4.68 Å². The Bertz CT molecular complexity index is 1060. The highest BCUT2D eigenvalue weighted by Gasteiger charge is 2.10. The zero-order valence-corrected chi connectivity index (χ0v) is 15.7.